The van der Waals surface area contributed by atoms with Crippen molar-refractivity contribution in [3.63, 3.8) is 0 Å². The first-order valence-electron chi connectivity index (χ1n) is 8.84. The Morgan fingerprint density at radius 1 is 1.26 bits per heavy atom. The highest BCUT2D eigenvalue weighted by molar-refractivity contribution is 8.00. The quantitative estimate of drug-likeness (QED) is 0.458. The molecule has 1 aliphatic rings. The number of thioether (sulfide) groups is 1. The maximum atomic E-state index is 5.54. The van der Waals surface area contributed by atoms with Crippen LogP contribution < -0.4 is 4.74 Å². The van der Waals surface area contributed by atoms with Gasteiger partial charge in [-0.25, -0.2) is 4.98 Å². The Morgan fingerprint density at radius 2 is 2.11 bits per heavy atom. The third-order valence-corrected chi connectivity index (χ3v) is 6.52. The summed E-state index contributed by atoms with van der Waals surface area (Å²) in [6.07, 6.45) is 1.91. The number of benzene rings is 2. The zero-order chi connectivity index (χ0) is 18.5. The van der Waals surface area contributed by atoms with Crippen molar-refractivity contribution in [2.45, 2.75) is 10.1 Å². The highest BCUT2D eigenvalue weighted by Gasteiger charge is 2.09. The van der Waals surface area contributed by atoms with Crippen LogP contribution in [-0.4, -0.2) is 49.6 Å². The summed E-state index contributed by atoms with van der Waals surface area (Å²) >= 11 is 3.47. The molecule has 5 nitrogen and oxygen atoms in total. The molecule has 0 amide bonds. The molecule has 2 aromatic carbocycles. The van der Waals surface area contributed by atoms with Gasteiger partial charge in [0.1, 0.15) is 5.75 Å². The third-order valence-electron chi connectivity index (χ3n) is 4.29. The molecule has 1 aromatic heterocycles. The van der Waals surface area contributed by atoms with Crippen LogP contribution in [0.3, 0.4) is 0 Å². The van der Waals surface area contributed by atoms with Crippen molar-refractivity contribution in [1.29, 1.82) is 0 Å². The fraction of sp³-hybridized carbons (Fsp3) is 0.300. The Balaban J connectivity index is 1.47. The van der Waals surface area contributed by atoms with Crippen molar-refractivity contribution in [1.82, 2.24) is 9.99 Å². The lowest BCUT2D eigenvalue weighted by atomic mass is 10.1. The summed E-state index contributed by atoms with van der Waals surface area (Å²) in [7, 11) is 1.71. The summed E-state index contributed by atoms with van der Waals surface area (Å²) < 4.78 is 13.2. The van der Waals surface area contributed by atoms with Gasteiger partial charge in [0.2, 0.25) is 0 Å². The zero-order valence-corrected chi connectivity index (χ0v) is 16.8. The van der Waals surface area contributed by atoms with Crippen molar-refractivity contribution < 1.29 is 9.47 Å². The van der Waals surface area contributed by atoms with Crippen LogP contribution in [0.5, 0.6) is 5.75 Å². The van der Waals surface area contributed by atoms with Gasteiger partial charge < -0.3 is 9.47 Å². The zero-order valence-electron chi connectivity index (χ0n) is 15.1. The molecule has 27 heavy (non-hydrogen) atoms. The lowest BCUT2D eigenvalue weighted by Crippen LogP contribution is -2.32. The molecule has 3 aromatic rings. The van der Waals surface area contributed by atoms with E-state index < -0.39 is 0 Å². The minimum atomic E-state index is 0.740. The molecule has 0 N–H and O–H groups in total. The van der Waals surface area contributed by atoms with Gasteiger partial charge in [0.15, 0.2) is 4.34 Å². The molecule has 0 radical (unpaired) electrons. The van der Waals surface area contributed by atoms with E-state index in [1.807, 2.05) is 29.4 Å². The van der Waals surface area contributed by atoms with Crippen LogP contribution in [0.1, 0.15) is 11.1 Å². The van der Waals surface area contributed by atoms with Crippen LogP contribution >= 0.6 is 23.1 Å². The number of nitrogens with zero attached hydrogens (tertiary/aromatic N) is 3. The normalized spacial score (nSPS) is 14.9. The van der Waals surface area contributed by atoms with Crippen LogP contribution in [0.4, 0.5) is 0 Å². The molecule has 1 aliphatic heterocycles. The molecule has 4 rings (SSSR count). The number of hydrogen-bond donors (Lipinski definition) is 0. The maximum Gasteiger partial charge on any atom is 0.151 e. The van der Waals surface area contributed by atoms with E-state index in [2.05, 4.69) is 29.4 Å². The molecule has 1 fully saturated rings. The second-order valence-electron chi connectivity index (χ2n) is 6.12. The molecular formula is C20H21N3O2S2. The molecular weight excluding hydrogens is 378 g/mol. The molecule has 0 aliphatic carbocycles. The van der Waals surface area contributed by atoms with Crippen molar-refractivity contribution in [3.05, 3.63) is 53.6 Å². The van der Waals surface area contributed by atoms with Gasteiger partial charge in [-0.2, -0.15) is 5.10 Å². The molecule has 7 heteroatoms. The van der Waals surface area contributed by atoms with E-state index in [4.69, 9.17) is 14.5 Å². The average Bonchev–Trinajstić information content (AvgIpc) is 3.14. The number of ether oxygens (including phenoxy) is 2. The van der Waals surface area contributed by atoms with Crippen molar-refractivity contribution in [3.8, 4) is 5.75 Å². The summed E-state index contributed by atoms with van der Waals surface area (Å²) in [5.41, 5.74) is 3.28. The molecule has 2 heterocycles. The van der Waals surface area contributed by atoms with Gasteiger partial charge in [-0.05, 0) is 35.9 Å². The number of rotatable bonds is 6. The molecule has 0 saturated carbocycles. The fourth-order valence-electron chi connectivity index (χ4n) is 2.86. The predicted octanol–water partition coefficient (Wildman–Crippen LogP) is 4.26. The molecule has 0 spiro atoms. The minimum Gasteiger partial charge on any atom is -0.496 e. The Bertz CT molecular complexity index is 903. The Morgan fingerprint density at radius 3 is 2.93 bits per heavy atom. The number of para-hydroxylation sites is 1. The van der Waals surface area contributed by atoms with Crippen molar-refractivity contribution in [2.75, 3.05) is 33.4 Å². The van der Waals surface area contributed by atoms with Crippen LogP contribution in [0.15, 0.2) is 51.9 Å². The number of methoxy groups -OCH3 is 1. The van der Waals surface area contributed by atoms with Crippen LogP contribution in [0.2, 0.25) is 0 Å². The largest absolute Gasteiger partial charge is 0.496 e. The van der Waals surface area contributed by atoms with Crippen LogP contribution in [0, 0.1) is 0 Å². The van der Waals surface area contributed by atoms with Gasteiger partial charge in [0.25, 0.3) is 0 Å². The lowest BCUT2D eigenvalue weighted by Gasteiger charge is -2.23. The highest BCUT2D eigenvalue weighted by atomic mass is 32.2. The number of fused-ring (bicyclic) bond motifs is 1. The smallest absolute Gasteiger partial charge is 0.151 e. The Hall–Kier alpha value is -2.09. The SMILES string of the molecule is COc1ccc(/C=N/N2CCOCC2)cc1CSc1nc2ccccc2s1. The van der Waals surface area contributed by atoms with E-state index in [9.17, 15) is 0 Å². The summed E-state index contributed by atoms with van der Waals surface area (Å²) in [5.74, 6) is 1.70. The first-order valence-corrected chi connectivity index (χ1v) is 10.6. The van der Waals surface area contributed by atoms with E-state index in [1.54, 1.807) is 30.2 Å². The van der Waals surface area contributed by atoms with Gasteiger partial charge in [0, 0.05) is 11.3 Å². The molecule has 0 unspecified atom stereocenters. The molecule has 0 atom stereocenters. The second kappa shape index (κ2) is 8.73. The number of morpholine rings is 1. The molecule has 0 bridgehead atoms. The summed E-state index contributed by atoms with van der Waals surface area (Å²) in [6, 6.07) is 14.4. The van der Waals surface area contributed by atoms with Crippen molar-refractivity contribution >= 4 is 39.5 Å². The average molecular weight is 400 g/mol. The van der Waals surface area contributed by atoms with Gasteiger partial charge in [-0.15, -0.1) is 11.3 Å². The first-order chi connectivity index (χ1) is 13.3. The molecule has 1 saturated heterocycles. The standard InChI is InChI=1S/C20H21N3O2S2/c1-24-18-7-6-15(13-21-23-8-10-25-11-9-23)12-16(18)14-26-20-22-17-4-2-3-5-19(17)27-20/h2-7,12-13H,8-11,14H2,1H3/b21-13+. The van der Waals surface area contributed by atoms with E-state index in [1.165, 1.54) is 4.70 Å². The number of thiazole rings is 1. The lowest BCUT2D eigenvalue weighted by molar-refractivity contribution is 0.0397. The predicted molar refractivity (Wildman–Crippen MR) is 112 cm³/mol. The highest BCUT2D eigenvalue weighted by Crippen LogP contribution is 2.33. The van der Waals surface area contributed by atoms with E-state index in [0.29, 0.717) is 0 Å². The second-order valence-corrected chi connectivity index (χ2v) is 8.37. The number of hydrazone groups is 1. The minimum absolute atomic E-state index is 0.740. The topological polar surface area (TPSA) is 47.0 Å². The summed E-state index contributed by atoms with van der Waals surface area (Å²) in [4.78, 5) is 4.70. The van der Waals surface area contributed by atoms with Gasteiger partial charge in [0.05, 0.1) is 49.8 Å². The maximum absolute atomic E-state index is 5.54. The third kappa shape index (κ3) is 4.61. The van der Waals surface area contributed by atoms with E-state index in [0.717, 1.165) is 58.8 Å². The van der Waals surface area contributed by atoms with Crippen molar-refractivity contribution in [2.24, 2.45) is 5.10 Å². The van der Waals surface area contributed by atoms with Gasteiger partial charge in [-0.1, -0.05) is 23.9 Å². The first kappa shape index (κ1) is 18.3. The van der Waals surface area contributed by atoms with Gasteiger partial charge in [-0.3, -0.25) is 5.01 Å². The monoisotopic (exact) mass is 399 g/mol. The van der Waals surface area contributed by atoms with Crippen LogP contribution in [-0.2, 0) is 10.5 Å². The van der Waals surface area contributed by atoms with Crippen LogP contribution in [0.25, 0.3) is 10.2 Å². The number of aromatic nitrogens is 1. The number of hydrogen-bond acceptors (Lipinski definition) is 7. The Kier molecular flexibility index (Phi) is 5.91. The van der Waals surface area contributed by atoms with Gasteiger partial charge >= 0.3 is 0 Å². The molecule has 140 valence electrons. The van der Waals surface area contributed by atoms with E-state index in [-0.39, 0.29) is 0 Å². The summed E-state index contributed by atoms with van der Waals surface area (Å²) in [5, 5.41) is 6.61. The fourth-order valence-corrected chi connectivity index (χ4v) is 4.91. The summed E-state index contributed by atoms with van der Waals surface area (Å²) in [6.45, 7) is 3.16. The van der Waals surface area contributed by atoms with E-state index >= 15 is 0 Å². The Labute approximate surface area is 167 Å².